The van der Waals surface area contributed by atoms with E-state index in [2.05, 4.69) is 10.4 Å². The van der Waals surface area contributed by atoms with Crippen molar-refractivity contribution >= 4 is 23.3 Å². The maximum atomic E-state index is 14.2. The summed E-state index contributed by atoms with van der Waals surface area (Å²) in [6.07, 6.45) is 0.167. The molecule has 4 nitrogen and oxygen atoms in total. The fourth-order valence-electron chi connectivity index (χ4n) is 2.80. The van der Waals surface area contributed by atoms with Crippen LogP contribution in [0.3, 0.4) is 0 Å². The first-order chi connectivity index (χ1) is 9.49. The predicted molar refractivity (Wildman–Crippen MR) is 74.4 cm³/mol. The van der Waals surface area contributed by atoms with Gasteiger partial charge in [-0.15, -0.1) is 0 Å². The van der Waals surface area contributed by atoms with Crippen LogP contribution in [0.25, 0.3) is 0 Å². The van der Waals surface area contributed by atoms with E-state index in [-0.39, 0.29) is 12.3 Å². The number of fused-ring (bicyclic) bond motifs is 1. The van der Waals surface area contributed by atoms with Crippen LogP contribution >= 0.6 is 11.6 Å². The van der Waals surface area contributed by atoms with E-state index in [0.717, 1.165) is 11.3 Å². The van der Waals surface area contributed by atoms with Crippen LogP contribution in [0.1, 0.15) is 29.2 Å². The molecule has 1 aromatic heterocycles. The highest BCUT2D eigenvalue weighted by molar-refractivity contribution is 6.31. The number of hydrogen-bond acceptors (Lipinski definition) is 2. The van der Waals surface area contributed by atoms with Gasteiger partial charge in [0.2, 0.25) is 5.91 Å². The molecule has 0 saturated heterocycles. The first-order valence-electron chi connectivity index (χ1n) is 6.26. The topological polar surface area (TPSA) is 46.9 Å². The van der Waals surface area contributed by atoms with Gasteiger partial charge in [-0.2, -0.15) is 5.10 Å². The fourth-order valence-corrected chi connectivity index (χ4v) is 3.10. The van der Waals surface area contributed by atoms with Gasteiger partial charge < -0.3 is 5.32 Å². The Balaban J connectivity index is 2.24. The maximum Gasteiger partial charge on any atom is 0.226 e. The number of carbonyl (C=O) groups excluding carboxylic acids is 1. The van der Waals surface area contributed by atoms with Gasteiger partial charge in [0, 0.05) is 35.5 Å². The van der Waals surface area contributed by atoms with E-state index >= 15 is 0 Å². The van der Waals surface area contributed by atoms with E-state index in [1.54, 1.807) is 23.9 Å². The number of nitrogens with zero attached hydrogens (tertiary/aromatic N) is 2. The minimum Gasteiger partial charge on any atom is -0.311 e. The first-order valence-corrected chi connectivity index (χ1v) is 6.64. The third-order valence-corrected chi connectivity index (χ3v) is 3.94. The van der Waals surface area contributed by atoms with E-state index in [4.69, 9.17) is 11.6 Å². The third-order valence-electron chi connectivity index (χ3n) is 3.61. The van der Waals surface area contributed by atoms with E-state index in [1.807, 2.05) is 6.92 Å². The Morgan fingerprint density at radius 3 is 2.90 bits per heavy atom. The summed E-state index contributed by atoms with van der Waals surface area (Å²) in [7, 11) is 1.75. The van der Waals surface area contributed by atoms with Crippen LogP contribution < -0.4 is 5.32 Å². The minimum absolute atomic E-state index is 0.162. The van der Waals surface area contributed by atoms with Gasteiger partial charge in [0.15, 0.2) is 0 Å². The van der Waals surface area contributed by atoms with Gasteiger partial charge in [0.1, 0.15) is 11.6 Å². The normalized spacial score (nSPS) is 17.8. The largest absolute Gasteiger partial charge is 0.311 e. The number of amides is 1. The Labute approximate surface area is 120 Å². The highest BCUT2D eigenvalue weighted by Gasteiger charge is 2.34. The summed E-state index contributed by atoms with van der Waals surface area (Å²) in [6.45, 7) is 1.85. The number of anilines is 1. The molecule has 0 unspecified atom stereocenters. The molecule has 6 heteroatoms. The monoisotopic (exact) mass is 293 g/mol. The molecule has 3 rings (SSSR count). The van der Waals surface area contributed by atoms with Gasteiger partial charge >= 0.3 is 0 Å². The highest BCUT2D eigenvalue weighted by atomic mass is 35.5. The fraction of sp³-hybridized carbons (Fsp3) is 0.286. The van der Waals surface area contributed by atoms with Crippen molar-refractivity contribution in [3.63, 3.8) is 0 Å². The van der Waals surface area contributed by atoms with Crippen LogP contribution in [0, 0.1) is 12.7 Å². The number of benzene rings is 1. The summed E-state index contributed by atoms with van der Waals surface area (Å²) < 4.78 is 15.8. The summed E-state index contributed by atoms with van der Waals surface area (Å²) in [6, 6.07) is 4.55. The number of halogens is 2. The molecule has 0 bridgehead atoms. The van der Waals surface area contributed by atoms with Crippen molar-refractivity contribution in [2.24, 2.45) is 7.05 Å². The molecular weight excluding hydrogens is 281 g/mol. The molecule has 2 heterocycles. The molecular formula is C14H13ClFN3O. The van der Waals surface area contributed by atoms with Crippen LogP contribution in [0.4, 0.5) is 10.2 Å². The number of rotatable bonds is 1. The lowest BCUT2D eigenvalue weighted by molar-refractivity contribution is -0.116. The average Bonchev–Trinajstić information content (AvgIpc) is 2.64. The van der Waals surface area contributed by atoms with Crippen molar-refractivity contribution in [1.82, 2.24) is 9.78 Å². The number of hydrogen-bond donors (Lipinski definition) is 1. The van der Waals surface area contributed by atoms with Gasteiger partial charge in [-0.05, 0) is 19.1 Å². The Kier molecular flexibility index (Phi) is 3.01. The van der Waals surface area contributed by atoms with Crippen LogP contribution in [-0.2, 0) is 11.8 Å². The van der Waals surface area contributed by atoms with Crippen molar-refractivity contribution in [2.45, 2.75) is 19.3 Å². The lowest BCUT2D eigenvalue weighted by Crippen LogP contribution is -2.25. The summed E-state index contributed by atoms with van der Waals surface area (Å²) >= 11 is 6.14. The SMILES string of the molecule is Cc1nn(C)c2c1[C@@H](c1c(F)cccc1Cl)CC(=O)N2. The molecule has 2 aromatic rings. The van der Waals surface area contributed by atoms with Crippen molar-refractivity contribution in [3.05, 3.63) is 45.9 Å². The van der Waals surface area contributed by atoms with Crippen molar-refractivity contribution in [2.75, 3.05) is 5.32 Å². The lowest BCUT2D eigenvalue weighted by Gasteiger charge is -2.25. The zero-order chi connectivity index (χ0) is 14.4. The lowest BCUT2D eigenvalue weighted by atomic mass is 9.85. The Morgan fingerprint density at radius 1 is 1.45 bits per heavy atom. The van der Waals surface area contributed by atoms with Gasteiger partial charge in [-0.25, -0.2) is 4.39 Å². The van der Waals surface area contributed by atoms with Crippen LogP contribution in [0.5, 0.6) is 0 Å². The summed E-state index contributed by atoms with van der Waals surface area (Å²) in [4.78, 5) is 11.9. The van der Waals surface area contributed by atoms with E-state index in [0.29, 0.717) is 16.4 Å². The van der Waals surface area contributed by atoms with Crippen molar-refractivity contribution < 1.29 is 9.18 Å². The molecule has 0 radical (unpaired) electrons. The van der Waals surface area contributed by atoms with Gasteiger partial charge in [-0.3, -0.25) is 9.48 Å². The molecule has 1 aromatic carbocycles. The number of carbonyl (C=O) groups is 1. The Morgan fingerprint density at radius 2 is 2.20 bits per heavy atom. The molecule has 0 saturated carbocycles. The van der Waals surface area contributed by atoms with Crippen LogP contribution in [0.2, 0.25) is 5.02 Å². The molecule has 0 spiro atoms. The van der Waals surface area contributed by atoms with Crippen molar-refractivity contribution in [1.29, 1.82) is 0 Å². The zero-order valence-corrected chi connectivity index (χ0v) is 11.8. The molecule has 1 aliphatic rings. The summed E-state index contributed by atoms with van der Waals surface area (Å²) in [5.41, 5.74) is 1.97. The van der Waals surface area contributed by atoms with Crippen LogP contribution in [-0.4, -0.2) is 15.7 Å². The van der Waals surface area contributed by atoms with E-state index < -0.39 is 11.7 Å². The van der Waals surface area contributed by atoms with E-state index in [9.17, 15) is 9.18 Å². The number of aryl methyl sites for hydroxylation is 2. The molecule has 0 fully saturated rings. The maximum absolute atomic E-state index is 14.2. The molecule has 1 N–H and O–H groups in total. The van der Waals surface area contributed by atoms with Gasteiger partial charge in [-0.1, -0.05) is 17.7 Å². The summed E-state index contributed by atoms with van der Waals surface area (Å²) in [5.74, 6) is -0.347. The second-order valence-corrected chi connectivity index (χ2v) is 5.32. The molecule has 20 heavy (non-hydrogen) atoms. The number of aromatic nitrogens is 2. The van der Waals surface area contributed by atoms with Gasteiger partial charge in [0.05, 0.1) is 5.69 Å². The Hall–Kier alpha value is -1.88. The number of nitrogens with one attached hydrogen (secondary N) is 1. The summed E-state index contributed by atoms with van der Waals surface area (Å²) in [5, 5.41) is 7.41. The van der Waals surface area contributed by atoms with Crippen molar-refractivity contribution in [3.8, 4) is 0 Å². The highest BCUT2D eigenvalue weighted by Crippen LogP contribution is 2.42. The Bertz CT molecular complexity index is 690. The predicted octanol–water partition coefficient (Wildman–Crippen LogP) is 3.00. The minimum atomic E-state index is -0.402. The second kappa shape index (κ2) is 4.59. The van der Waals surface area contributed by atoms with E-state index in [1.165, 1.54) is 6.07 Å². The zero-order valence-electron chi connectivity index (χ0n) is 11.1. The smallest absolute Gasteiger partial charge is 0.226 e. The second-order valence-electron chi connectivity index (χ2n) is 4.91. The third kappa shape index (κ3) is 1.89. The molecule has 1 amide bonds. The molecule has 0 aliphatic carbocycles. The van der Waals surface area contributed by atoms with Gasteiger partial charge in [0.25, 0.3) is 0 Å². The molecule has 104 valence electrons. The molecule has 1 atom stereocenters. The average molecular weight is 294 g/mol. The molecule has 1 aliphatic heterocycles. The quantitative estimate of drug-likeness (QED) is 0.878. The van der Waals surface area contributed by atoms with Crippen LogP contribution in [0.15, 0.2) is 18.2 Å². The standard InChI is InChI=1S/C14H13ClFN3O/c1-7-12-8(13-9(15)4-3-5-10(13)16)6-11(20)17-14(12)19(2)18-7/h3-5,8H,6H2,1-2H3,(H,17,20)/t8-/m0/s1. The first kappa shape index (κ1) is 13.1.